The summed E-state index contributed by atoms with van der Waals surface area (Å²) in [5.74, 6) is -0.296. The third kappa shape index (κ3) is 1.42. The first-order valence-corrected chi connectivity index (χ1v) is 4.10. The predicted octanol–water partition coefficient (Wildman–Crippen LogP) is 2.25. The highest BCUT2D eigenvalue weighted by Gasteiger charge is 2.19. The summed E-state index contributed by atoms with van der Waals surface area (Å²) in [5, 5.41) is 0.369. The number of rotatable bonds is 2. The normalized spacial score (nSPS) is 10.2. The summed E-state index contributed by atoms with van der Waals surface area (Å²) in [6.07, 6.45) is 0.575. The molecule has 0 saturated heterocycles. The molecule has 0 fully saturated rings. The quantitative estimate of drug-likeness (QED) is 0.810. The first-order valence-electron chi connectivity index (χ1n) is 3.34. The predicted molar refractivity (Wildman–Crippen MR) is 46.6 cm³/mol. The number of primary amides is 1. The largest absolute Gasteiger partial charge is 0.453 e. The summed E-state index contributed by atoms with van der Waals surface area (Å²) in [5.41, 5.74) is 4.98. The van der Waals surface area contributed by atoms with Gasteiger partial charge in [-0.05, 0) is 0 Å². The number of carbonyl (C=O) groups is 1. The van der Waals surface area contributed by atoms with Gasteiger partial charge in [0.15, 0.2) is 0 Å². The molecule has 0 atom stereocenters. The van der Waals surface area contributed by atoms with Crippen LogP contribution in [0.25, 0.3) is 0 Å². The maximum atomic E-state index is 10.7. The fraction of sp³-hybridized carbons (Fsp3) is 0.286. The van der Waals surface area contributed by atoms with E-state index in [0.29, 0.717) is 12.2 Å². The van der Waals surface area contributed by atoms with Crippen molar-refractivity contribution in [3.63, 3.8) is 0 Å². The molecule has 1 aromatic heterocycles. The van der Waals surface area contributed by atoms with E-state index in [4.69, 9.17) is 33.4 Å². The fourth-order valence-corrected chi connectivity index (χ4v) is 1.32. The standard InChI is InChI=1S/C7H7Cl2NO2/c1-2-3-4(8)5(9)6(12-3)7(10)11/h2H2,1H3,(H2,10,11). The molecule has 1 rings (SSSR count). The van der Waals surface area contributed by atoms with Gasteiger partial charge in [-0.1, -0.05) is 30.1 Å². The average Bonchev–Trinajstić information content (AvgIpc) is 2.30. The number of carbonyl (C=O) groups excluding carboxylic acids is 1. The zero-order chi connectivity index (χ0) is 9.30. The molecule has 1 amide bonds. The van der Waals surface area contributed by atoms with Gasteiger partial charge < -0.3 is 10.2 Å². The van der Waals surface area contributed by atoms with Crippen molar-refractivity contribution in [1.82, 2.24) is 0 Å². The minimum absolute atomic E-state index is 0.0708. The van der Waals surface area contributed by atoms with Crippen molar-refractivity contribution in [3.05, 3.63) is 21.6 Å². The van der Waals surface area contributed by atoms with E-state index >= 15 is 0 Å². The Balaban J connectivity index is 3.25. The summed E-state index contributed by atoms with van der Waals surface area (Å²) < 4.78 is 5.02. The van der Waals surface area contributed by atoms with Gasteiger partial charge in [-0.15, -0.1) is 0 Å². The highest BCUT2D eigenvalue weighted by Crippen LogP contribution is 2.32. The van der Waals surface area contributed by atoms with Crippen LogP contribution in [0.15, 0.2) is 4.42 Å². The molecular weight excluding hydrogens is 201 g/mol. The van der Waals surface area contributed by atoms with E-state index < -0.39 is 5.91 Å². The second-order valence-corrected chi connectivity index (χ2v) is 2.96. The molecule has 0 radical (unpaired) electrons. The number of hydrogen-bond donors (Lipinski definition) is 1. The Kier molecular flexibility index (Phi) is 2.65. The Morgan fingerprint density at radius 1 is 1.50 bits per heavy atom. The average molecular weight is 208 g/mol. The molecule has 12 heavy (non-hydrogen) atoms. The van der Waals surface area contributed by atoms with Crippen molar-refractivity contribution in [2.24, 2.45) is 5.73 Å². The van der Waals surface area contributed by atoms with Gasteiger partial charge in [0.05, 0.1) is 0 Å². The number of halogens is 2. The summed E-state index contributed by atoms with van der Waals surface area (Å²) in [6.45, 7) is 1.84. The lowest BCUT2D eigenvalue weighted by Gasteiger charge is -1.87. The molecule has 2 N–H and O–H groups in total. The number of amides is 1. The van der Waals surface area contributed by atoms with Gasteiger partial charge in [0.1, 0.15) is 15.8 Å². The molecule has 0 bridgehead atoms. The Morgan fingerprint density at radius 2 is 2.08 bits per heavy atom. The lowest BCUT2D eigenvalue weighted by atomic mass is 10.3. The van der Waals surface area contributed by atoms with Crippen LogP contribution in [-0.2, 0) is 6.42 Å². The topological polar surface area (TPSA) is 56.2 Å². The Labute approximate surface area is 79.4 Å². The van der Waals surface area contributed by atoms with Crippen LogP contribution in [0.5, 0.6) is 0 Å². The lowest BCUT2D eigenvalue weighted by molar-refractivity contribution is 0.0972. The van der Waals surface area contributed by atoms with Gasteiger partial charge in [0.2, 0.25) is 5.76 Å². The molecule has 0 unspecified atom stereocenters. The van der Waals surface area contributed by atoms with Crippen LogP contribution in [0.3, 0.4) is 0 Å². The minimum atomic E-state index is -0.707. The van der Waals surface area contributed by atoms with E-state index in [0.717, 1.165) is 0 Å². The van der Waals surface area contributed by atoms with Crippen LogP contribution < -0.4 is 5.73 Å². The first-order chi connectivity index (χ1) is 5.57. The van der Waals surface area contributed by atoms with Crippen LogP contribution in [0, 0.1) is 0 Å². The van der Waals surface area contributed by atoms with Gasteiger partial charge >= 0.3 is 0 Å². The zero-order valence-corrected chi connectivity index (χ0v) is 7.87. The maximum absolute atomic E-state index is 10.7. The molecular formula is C7H7Cl2NO2. The van der Waals surface area contributed by atoms with Crippen LogP contribution in [0.2, 0.25) is 10.0 Å². The van der Waals surface area contributed by atoms with Crippen LogP contribution in [-0.4, -0.2) is 5.91 Å². The first kappa shape index (κ1) is 9.42. The second kappa shape index (κ2) is 3.37. The van der Waals surface area contributed by atoms with Crippen LogP contribution in [0.1, 0.15) is 23.2 Å². The molecule has 0 aliphatic heterocycles. The monoisotopic (exact) mass is 207 g/mol. The molecule has 0 saturated carbocycles. The van der Waals surface area contributed by atoms with E-state index in [1.807, 2.05) is 6.92 Å². The van der Waals surface area contributed by atoms with Gasteiger partial charge in [0, 0.05) is 6.42 Å². The molecule has 0 aromatic carbocycles. The SMILES string of the molecule is CCc1oc(C(N)=O)c(Cl)c1Cl. The molecule has 66 valence electrons. The van der Waals surface area contributed by atoms with Crippen LogP contribution in [0.4, 0.5) is 0 Å². The van der Waals surface area contributed by atoms with Crippen LogP contribution >= 0.6 is 23.2 Å². The van der Waals surface area contributed by atoms with Crippen molar-refractivity contribution in [2.45, 2.75) is 13.3 Å². The molecule has 0 aliphatic rings. The van der Waals surface area contributed by atoms with Gasteiger partial charge in [-0.3, -0.25) is 4.79 Å². The number of aryl methyl sites for hydroxylation is 1. The molecule has 3 nitrogen and oxygen atoms in total. The van der Waals surface area contributed by atoms with E-state index in [2.05, 4.69) is 0 Å². The molecule has 1 aromatic rings. The van der Waals surface area contributed by atoms with Gasteiger partial charge in [-0.25, -0.2) is 0 Å². The third-order valence-electron chi connectivity index (χ3n) is 1.41. The smallest absolute Gasteiger partial charge is 0.286 e. The summed E-state index contributed by atoms with van der Waals surface area (Å²) >= 11 is 11.4. The Morgan fingerprint density at radius 3 is 2.33 bits per heavy atom. The van der Waals surface area contributed by atoms with Crippen molar-refractivity contribution in [2.75, 3.05) is 0 Å². The molecule has 0 spiro atoms. The van der Waals surface area contributed by atoms with Gasteiger partial charge in [-0.2, -0.15) is 0 Å². The maximum Gasteiger partial charge on any atom is 0.286 e. The van der Waals surface area contributed by atoms with Crippen molar-refractivity contribution in [3.8, 4) is 0 Å². The summed E-state index contributed by atoms with van der Waals surface area (Å²) in [7, 11) is 0. The number of nitrogens with two attached hydrogens (primary N) is 1. The highest BCUT2D eigenvalue weighted by atomic mass is 35.5. The highest BCUT2D eigenvalue weighted by molar-refractivity contribution is 6.44. The van der Waals surface area contributed by atoms with Crippen molar-refractivity contribution >= 4 is 29.1 Å². The minimum Gasteiger partial charge on any atom is -0.453 e. The van der Waals surface area contributed by atoms with Crippen molar-refractivity contribution < 1.29 is 9.21 Å². The van der Waals surface area contributed by atoms with E-state index in [1.54, 1.807) is 0 Å². The summed E-state index contributed by atoms with van der Waals surface area (Å²) in [6, 6.07) is 0. The van der Waals surface area contributed by atoms with E-state index in [-0.39, 0.29) is 15.8 Å². The zero-order valence-electron chi connectivity index (χ0n) is 6.36. The lowest BCUT2D eigenvalue weighted by Crippen LogP contribution is -2.09. The molecule has 5 heteroatoms. The third-order valence-corrected chi connectivity index (χ3v) is 2.26. The Hall–Kier alpha value is -0.670. The molecule has 1 heterocycles. The second-order valence-electron chi connectivity index (χ2n) is 2.20. The number of hydrogen-bond acceptors (Lipinski definition) is 2. The number of furan rings is 1. The van der Waals surface area contributed by atoms with E-state index in [9.17, 15) is 4.79 Å². The van der Waals surface area contributed by atoms with E-state index in [1.165, 1.54) is 0 Å². The van der Waals surface area contributed by atoms with Crippen molar-refractivity contribution in [1.29, 1.82) is 0 Å². The Bertz CT molecular complexity index is 319. The fourth-order valence-electron chi connectivity index (χ4n) is 0.821. The summed E-state index contributed by atoms with van der Waals surface area (Å²) in [4.78, 5) is 10.7. The van der Waals surface area contributed by atoms with Gasteiger partial charge in [0.25, 0.3) is 5.91 Å². The molecule has 0 aliphatic carbocycles.